The van der Waals surface area contributed by atoms with Crippen molar-refractivity contribution >= 4 is 34.3 Å². The molecule has 9 nitrogen and oxygen atoms in total. The number of hydrogen-bond donors (Lipinski definition) is 3. The average Bonchev–Trinajstić information content (AvgIpc) is 2.84. The lowest BCUT2D eigenvalue weighted by Gasteiger charge is -2.42. The van der Waals surface area contributed by atoms with E-state index in [0.29, 0.717) is 37.8 Å². The van der Waals surface area contributed by atoms with Crippen molar-refractivity contribution in [2.75, 3.05) is 30.3 Å². The van der Waals surface area contributed by atoms with Crippen LogP contribution in [0.4, 0.5) is 16.3 Å². The zero-order chi connectivity index (χ0) is 24.5. The second kappa shape index (κ2) is 9.50. The molecule has 5 rings (SSSR count). The third-order valence-electron chi connectivity index (χ3n) is 6.71. The van der Waals surface area contributed by atoms with Gasteiger partial charge in [0.1, 0.15) is 23.8 Å². The highest BCUT2D eigenvalue weighted by Crippen LogP contribution is 2.25. The van der Waals surface area contributed by atoms with Gasteiger partial charge >= 0.3 is 6.03 Å². The smallest absolute Gasteiger partial charge is 0.322 e. The number of nitrogens with zero attached hydrogens (tertiary/aromatic N) is 4. The van der Waals surface area contributed by atoms with Crippen LogP contribution in [0.5, 0.6) is 0 Å². The van der Waals surface area contributed by atoms with Crippen LogP contribution in [-0.4, -0.2) is 63.5 Å². The maximum Gasteiger partial charge on any atom is 0.322 e. The van der Waals surface area contributed by atoms with Gasteiger partial charge in [0.25, 0.3) is 0 Å². The molecule has 1 aromatic heterocycles. The van der Waals surface area contributed by atoms with E-state index in [1.807, 2.05) is 69.3 Å². The van der Waals surface area contributed by atoms with Gasteiger partial charge in [-0.25, -0.2) is 14.8 Å². The van der Waals surface area contributed by atoms with Crippen LogP contribution < -0.4 is 16.0 Å². The number of anilines is 2. The van der Waals surface area contributed by atoms with E-state index >= 15 is 0 Å². The number of urea groups is 1. The van der Waals surface area contributed by atoms with E-state index < -0.39 is 6.04 Å². The lowest BCUT2D eigenvalue weighted by Crippen LogP contribution is -2.63. The predicted octanol–water partition coefficient (Wildman–Crippen LogP) is 3.18. The Morgan fingerprint density at radius 2 is 1.83 bits per heavy atom. The summed E-state index contributed by atoms with van der Waals surface area (Å²) < 4.78 is 0. The molecule has 2 bridgehead atoms. The summed E-state index contributed by atoms with van der Waals surface area (Å²) in [4.78, 5) is 40.0. The number of carbonyl (C=O) groups is 2. The molecule has 3 N–H and O–H groups in total. The van der Waals surface area contributed by atoms with Crippen LogP contribution in [0.15, 0.2) is 48.5 Å². The molecular formula is C26H31N7O2. The van der Waals surface area contributed by atoms with Crippen molar-refractivity contribution in [3.63, 3.8) is 0 Å². The molecule has 1 saturated heterocycles. The van der Waals surface area contributed by atoms with E-state index in [1.54, 1.807) is 4.90 Å². The van der Waals surface area contributed by atoms with Gasteiger partial charge in [-0.05, 0) is 36.6 Å². The minimum absolute atomic E-state index is 0.0316. The van der Waals surface area contributed by atoms with E-state index in [-0.39, 0.29) is 24.0 Å². The molecule has 3 heterocycles. The van der Waals surface area contributed by atoms with Gasteiger partial charge in [-0.3, -0.25) is 9.69 Å². The summed E-state index contributed by atoms with van der Waals surface area (Å²) in [5, 5.41) is 10.5. The quantitative estimate of drug-likeness (QED) is 0.528. The van der Waals surface area contributed by atoms with Crippen molar-refractivity contribution in [2.45, 2.75) is 39.5 Å². The van der Waals surface area contributed by atoms with E-state index in [2.05, 4.69) is 20.9 Å². The molecule has 3 aromatic rings. The molecule has 3 amide bonds. The fourth-order valence-electron chi connectivity index (χ4n) is 4.66. The average molecular weight is 474 g/mol. The van der Waals surface area contributed by atoms with E-state index in [4.69, 9.17) is 9.97 Å². The standard InChI is InChI=1S/C26H31N7O2/c1-16(2)23-25(34)30-22-15-33(26(35)28-19-10-6-4-8-17(19)3)13-12-32(22)14-21-27-20-11-7-5-9-18(20)24(29-21)31-23/h4-11,16,22-23H,12-15H2,1-3H3,(H,28,35)(H,30,34)(H,27,29,31)/t22?,23-/m0/s1. The second-order valence-electron chi connectivity index (χ2n) is 9.56. The van der Waals surface area contributed by atoms with Gasteiger partial charge in [-0.1, -0.05) is 44.2 Å². The second-order valence-corrected chi connectivity index (χ2v) is 9.56. The Bertz CT molecular complexity index is 1260. The van der Waals surface area contributed by atoms with Gasteiger partial charge in [0.2, 0.25) is 5.91 Å². The number of piperazine rings is 1. The molecule has 2 aliphatic rings. The maximum atomic E-state index is 13.4. The predicted molar refractivity (Wildman–Crippen MR) is 136 cm³/mol. The minimum Gasteiger partial charge on any atom is -0.358 e. The summed E-state index contributed by atoms with van der Waals surface area (Å²) in [5.41, 5.74) is 2.63. The van der Waals surface area contributed by atoms with E-state index in [9.17, 15) is 9.59 Å². The first-order valence-corrected chi connectivity index (χ1v) is 12.1. The molecule has 0 aliphatic carbocycles. The molecule has 1 unspecified atom stereocenters. The van der Waals surface area contributed by atoms with Crippen molar-refractivity contribution in [3.05, 3.63) is 59.9 Å². The Kier molecular flexibility index (Phi) is 6.25. The molecule has 0 radical (unpaired) electrons. The summed E-state index contributed by atoms with van der Waals surface area (Å²) in [6, 6.07) is 14.9. The minimum atomic E-state index is -0.475. The number of nitrogens with one attached hydrogen (secondary N) is 3. The molecular weight excluding hydrogens is 442 g/mol. The third kappa shape index (κ3) is 4.77. The molecule has 0 saturated carbocycles. The first-order valence-electron chi connectivity index (χ1n) is 12.1. The molecule has 0 spiro atoms. The lowest BCUT2D eigenvalue weighted by atomic mass is 10.0. The lowest BCUT2D eigenvalue weighted by molar-refractivity contribution is -0.125. The highest BCUT2D eigenvalue weighted by Gasteiger charge is 2.35. The Morgan fingerprint density at radius 3 is 2.63 bits per heavy atom. The number of fused-ring (bicyclic) bond motifs is 5. The first-order chi connectivity index (χ1) is 16.9. The van der Waals surface area contributed by atoms with Crippen LogP contribution in [0.1, 0.15) is 25.2 Å². The highest BCUT2D eigenvalue weighted by atomic mass is 16.2. The van der Waals surface area contributed by atoms with Crippen LogP contribution >= 0.6 is 0 Å². The van der Waals surface area contributed by atoms with E-state index in [1.165, 1.54) is 0 Å². The molecule has 35 heavy (non-hydrogen) atoms. The van der Waals surface area contributed by atoms with Gasteiger partial charge in [0, 0.05) is 24.2 Å². The summed E-state index contributed by atoms with van der Waals surface area (Å²) in [5.74, 6) is 1.29. The SMILES string of the molecule is Cc1ccccc1NC(=O)N1CCN2Cc3nc(c4ccccc4n3)N[C@@H](C(C)C)C(=O)NC2C1. The van der Waals surface area contributed by atoms with Crippen LogP contribution in [0.25, 0.3) is 10.9 Å². The van der Waals surface area contributed by atoms with Gasteiger partial charge in [0.05, 0.1) is 18.6 Å². The van der Waals surface area contributed by atoms with Crippen LogP contribution in [0.2, 0.25) is 0 Å². The number of rotatable bonds is 2. The number of amides is 3. The number of para-hydroxylation sites is 2. The van der Waals surface area contributed by atoms with Gasteiger partial charge in [-0.15, -0.1) is 0 Å². The Morgan fingerprint density at radius 1 is 1.06 bits per heavy atom. The molecule has 2 atom stereocenters. The Balaban J connectivity index is 1.43. The Labute approximate surface area is 204 Å². The van der Waals surface area contributed by atoms with E-state index in [0.717, 1.165) is 22.2 Å². The Hall–Kier alpha value is -3.72. The summed E-state index contributed by atoms with van der Waals surface area (Å²) in [6.07, 6.45) is -0.349. The van der Waals surface area contributed by atoms with Crippen molar-refractivity contribution in [1.82, 2.24) is 25.1 Å². The zero-order valence-electron chi connectivity index (χ0n) is 20.3. The summed E-state index contributed by atoms with van der Waals surface area (Å²) in [6.45, 7) is 7.96. The molecule has 2 aliphatic heterocycles. The fraction of sp³-hybridized carbons (Fsp3) is 0.385. The van der Waals surface area contributed by atoms with Crippen molar-refractivity contribution < 1.29 is 9.59 Å². The van der Waals surface area contributed by atoms with Gasteiger partial charge in [0.15, 0.2) is 0 Å². The normalized spacial score (nSPS) is 20.7. The fourth-order valence-corrected chi connectivity index (χ4v) is 4.66. The number of carbonyl (C=O) groups excluding carboxylic acids is 2. The summed E-state index contributed by atoms with van der Waals surface area (Å²) in [7, 11) is 0. The maximum absolute atomic E-state index is 13.4. The van der Waals surface area contributed by atoms with Crippen LogP contribution in [0, 0.1) is 12.8 Å². The number of benzene rings is 2. The topological polar surface area (TPSA) is 102 Å². The zero-order valence-corrected chi connectivity index (χ0v) is 20.3. The molecule has 1 fully saturated rings. The number of hydrogen-bond acceptors (Lipinski definition) is 6. The largest absolute Gasteiger partial charge is 0.358 e. The third-order valence-corrected chi connectivity index (χ3v) is 6.71. The summed E-state index contributed by atoms with van der Waals surface area (Å²) >= 11 is 0. The molecule has 182 valence electrons. The van der Waals surface area contributed by atoms with Crippen LogP contribution in [0.3, 0.4) is 0 Å². The monoisotopic (exact) mass is 473 g/mol. The van der Waals surface area contributed by atoms with Crippen LogP contribution in [-0.2, 0) is 11.3 Å². The van der Waals surface area contributed by atoms with Crippen molar-refractivity contribution in [1.29, 1.82) is 0 Å². The highest BCUT2D eigenvalue weighted by molar-refractivity contribution is 5.93. The number of aromatic nitrogens is 2. The number of aryl methyl sites for hydroxylation is 1. The molecule has 2 aromatic carbocycles. The van der Waals surface area contributed by atoms with Gasteiger partial charge in [-0.2, -0.15) is 0 Å². The van der Waals surface area contributed by atoms with Crippen molar-refractivity contribution in [3.8, 4) is 0 Å². The van der Waals surface area contributed by atoms with Gasteiger partial charge < -0.3 is 20.9 Å². The van der Waals surface area contributed by atoms with Crippen molar-refractivity contribution in [2.24, 2.45) is 5.92 Å². The molecule has 9 heteroatoms. The first kappa shape index (κ1) is 23.0.